The Labute approximate surface area is 75.4 Å². The Morgan fingerprint density at radius 3 is 2.54 bits per heavy atom. The Morgan fingerprint density at radius 2 is 2.08 bits per heavy atom. The quantitative estimate of drug-likeness (QED) is 0.313. The molecule has 0 saturated heterocycles. The predicted molar refractivity (Wildman–Crippen MR) is 42.9 cm³/mol. The van der Waals surface area contributed by atoms with Gasteiger partial charge < -0.3 is 0 Å². The fourth-order valence-corrected chi connectivity index (χ4v) is 0.630. The van der Waals surface area contributed by atoms with Crippen molar-refractivity contribution in [3.05, 3.63) is 12.7 Å². The van der Waals surface area contributed by atoms with Crippen molar-refractivity contribution in [2.75, 3.05) is 6.54 Å². The third-order valence-corrected chi connectivity index (χ3v) is 1.28. The van der Waals surface area contributed by atoms with Crippen LogP contribution in [-0.4, -0.2) is 33.8 Å². The zero-order chi connectivity index (χ0) is 10.3. The zero-order valence-electron chi connectivity index (χ0n) is 7.06. The minimum absolute atomic E-state index is 0.0135. The van der Waals surface area contributed by atoms with Gasteiger partial charge in [-0.25, -0.2) is 10.5 Å². The van der Waals surface area contributed by atoms with Gasteiger partial charge in [0.25, 0.3) is 0 Å². The van der Waals surface area contributed by atoms with Crippen molar-refractivity contribution in [1.29, 1.82) is 0 Å². The van der Waals surface area contributed by atoms with E-state index in [4.69, 9.17) is 10.4 Å². The predicted octanol–water partition coefficient (Wildman–Crippen LogP) is -0.324. The van der Waals surface area contributed by atoms with Crippen molar-refractivity contribution < 1.29 is 20.0 Å². The summed E-state index contributed by atoms with van der Waals surface area (Å²) >= 11 is 0. The largest absolute Gasteiger partial charge is 0.289 e. The summed E-state index contributed by atoms with van der Waals surface area (Å²) in [6.45, 7) is 3.33. The number of amides is 2. The van der Waals surface area contributed by atoms with Crippen molar-refractivity contribution in [1.82, 2.24) is 10.5 Å². The van der Waals surface area contributed by atoms with E-state index in [1.54, 1.807) is 0 Å². The first kappa shape index (κ1) is 11.6. The average molecular weight is 188 g/mol. The van der Waals surface area contributed by atoms with Crippen LogP contribution in [0, 0.1) is 0 Å². The molecule has 0 radical (unpaired) electrons. The molecule has 0 bridgehead atoms. The van der Waals surface area contributed by atoms with E-state index >= 15 is 0 Å². The second kappa shape index (κ2) is 6.15. The molecule has 6 nitrogen and oxygen atoms in total. The molecule has 2 amide bonds. The van der Waals surface area contributed by atoms with E-state index < -0.39 is 11.8 Å². The van der Waals surface area contributed by atoms with E-state index in [1.807, 2.05) is 0 Å². The van der Waals surface area contributed by atoms with Gasteiger partial charge in [0.05, 0.1) is 6.54 Å². The van der Waals surface area contributed by atoms with Crippen LogP contribution in [0.1, 0.15) is 12.8 Å². The lowest BCUT2D eigenvalue weighted by atomic mass is 10.3. The van der Waals surface area contributed by atoms with Crippen molar-refractivity contribution in [2.24, 2.45) is 0 Å². The molecule has 3 N–H and O–H groups in total. The standard InChI is InChI=1S/C7H12N2O4/c1-2-5-9(13)7(11)4-3-6(10)8-12/h2,12-13H,1,3-5H2,(H,8,10). The molecule has 6 heteroatoms. The van der Waals surface area contributed by atoms with Crippen LogP contribution in [0.4, 0.5) is 0 Å². The maximum Gasteiger partial charge on any atom is 0.246 e. The molecule has 0 aromatic carbocycles. The number of hydrogen-bond acceptors (Lipinski definition) is 4. The van der Waals surface area contributed by atoms with E-state index in [0.29, 0.717) is 5.06 Å². The highest BCUT2D eigenvalue weighted by molar-refractivity contribution is 5.82. The lowest BCUT2D eigenvalue weighted by Crippen LogP contribution is -2.29. The molecule has 0 aliphatic rings. The summed E-state index contributed by atoms with van der Waals surface area (Å²) in [7, 11) is 0. The first-order valence-electron chi connectivity index (χ1n) is 3.65. The Kier molecular flexibility index (Phi) is 5.49. The van der Waals surface area contributed by atoms with E-state index in [-0.39, 0.29) is 19.4 Å². The van der Waals surface area contributed by atoms with Crippen LogP contribution >= 0.6 is 0 Å². The summed E-state index contributed by atoms with van der Waals surface area (Å²) in [4.78, 5) is 21.4. The summed E-state index contributed by atoms with van der Waals surface area (Å²) in [5, 5.41) is 17.5. The third-order valence-electron chi connectivity index (χ3n) is 1.28. The summed E-state index contributed by atoms with van der Waals surface area (Å²) in [5.74, 6) is -1.26. The molecular weight excluding hydrogens is 176 g/mol. The zero-order valence-corrected chi connectivity index (χ0v) is 7.06. The molecule has 0 aromatic rings. The van der Waals surface area contributed by atoms with E-state index in [0.717, 1.165) is 0 Å². The molecule has 0 aliphatic heterocycles. The molecule has 0 saturated carbocycles. The summed E-state index contributed by atoms with van der Waals surface area (Å²) in [6.07, 6.45) is 1.03. The highest BCUT2D eigenvalue weighted by Gasteiger charge is 2.10. The van der Waals surface area contributed by atoms with Crippen LogP contribution in [0.5, 0.6) is 0 Å². The lowest BCUT2D eigenvalue weighted by Gasteiger charge is -2.11. The molecule has 0 spiro atoms. The van der Waals surface area contributed by atoms with Crippen molar-refractivity contribution in [3.63, 3.8) is 0 Å². The van der Waals surface area contributed by atoms with Gasteiger partial charge in [0.2, 0.25) is 11.8 Å². The van der Waals surface area contributed by atoms with E-state index in [9.17, 15) is 9.59 Å². The number of nitrogens with one attached hydrogen (secondary N) is 1. The molecule has 0 unspecified atom stereocenters. The Balaban J connectivity index is 3.73. The molecule has 0 aliphatic carbocycles. The minimum atomic E-state index is -0.666. The molecule has 0 rings (SSSR count). The SMILES string of the molecule is C=CCN(O)C(=O)CCC(=O)NO. The van der Waals surface area contributed by atoms with Crippen molar-refractivity contribution >= 4 is 11.8 Å². The van der Waals surface area contributed by atoms with Crippen molar-refractivity contribution in [2.45, 2.75) is 12.8 Å². The highest BCUT2D eigenvalue weighted by Crippen LogP contribution is 1.94. The van der Waals surface area contributed by atoms with Crippen LogP contribution in [-0.2, 0) is 9.59 Å². The van der Waals surface area contributed by atoms with Gasteiger partial charge in [-0.05, 0) is 0 Å². The lowest BCUT2D eigenvalue weighted by molar-refractivity contribution is -0.163. The van der Waals surface area contributed by atoms with Crippen LogP contribution in [0.3, 0.4) is 0 Å². The van der Waals surface area contributed by atoms with Gasteiger partial charge in [-0.2, -0.15) is 0 Å². The Bertz CT molecular complexity index is 205. The average Bonchev–Trinajstić information content (AvgIpc) is 2.13. The van der Waals surface area contributed by atoms with E-state index in [1.165, 1.54) is 11.6 Å². The first-order valence-corrected chi connectivity index (χ1v) is 3.65. The fourth-order valence-electron chi connectivity index (χ4n) is 0.630. The topological polar surface area (TPSA) is 89.9 Å². The molecule has 0 atom stereocenters. The molecule has 0 heterocycles. The van der Waals surface area contributed by atoms with Gasteiger partial charge in [0.15, 0.2) is 0 Å². The number of carbonyl (C=O) groups is 2. The van der Waals surface area contributed by atoms with Crippen LogP contribution in [0.25, 0.3) is 0 Å². The van der Waals surface area contributed by atoms with Gasteiger partial charge in [-0.15, -0.1) is 6.58 Å². The van der Waals surface area contributed by atoms with E-state index in [2.05, 4.69) is 6.58 Å². The second-order valence-electron chi connectivity index (χ2n) is 2.30. The number of rotatable bonds is 5. The second-order valence-corrected chi connectivity index (χ2v) is 2.30. The summed E-state index contributed by atoms with van der Waals surface area (Å²) < 4.78 is 0. The minimum Gasteiger partial charge on any atom is -0.289 e. The number of hydroxylamine groups is 3. The van der Waals surface area contributed by atoms with Crippen LogP contribution in [0.2, 0.25) is 0 Å². The van der Waals surface area contributed by atoms with Gasteiger partial charge in [-0.3, -0.25) is 20.0 Å². The van der Waals surface area contributed by atoms with Crippen molar-refractivity contribution in [3.8, 4) is 0 Å². The maximum atomic E-state index is 10.9. The molecular formula is C7H12N2O4. The maximum absolute atomic E-state index is 10.9. The first-order chi connectivity index (χ1) is 6.11. The van der Waals surface area contributed by atoms with Gasteiger partial charge in [0.1, 0.15) is 0 Å². The third kappa shape index (κ3) is 4.94. The fraction of sp³-hybridized carbons (Fsp3) is 0.429. The van der Waals surface area contributed by atoms with Gasteiger partial charge in [0, 0.05) is 12.8 Å². The summed E-state index contributed by atoms with van der Waals surface area (Å²) in [5.41, 5.74) is 1.38. The normalized spacial score (nSPS) is 9.08. The number of hydrogen-bond donors (Lipinski definition) is 3. The van der Waals surface area contributed by atoms with Crippen LogP contribution in [0.15, 0.2) is 12.7 Å². The number of nitrogens with zero attached hydrogens (tertiary/aromatic N) is 1. The highest BCUT2D eigenvalue weighted by atomic mass is 16.5. The molecule has 0 aromatic heterocycles. The van der Waals surface area contributed by atoms with Gasteiger partial charge >= 0.3 is 0 Å². The Hall–Kier alpha value is -1.40. The molecule has 0 fully saturated rings. The molecule has 13 heavy (non-hydrogen) atoms. The monoisotopic (exact) mass is 188 g/mol. The molecule has 74 valence electrons. The summed E-state index contributed by atoms with van der Waals surface area (Å²) in [6, 6.07) is 0. The number of carbonyl (C=O) groups excluding carboxylic acids is 2. The Morgan fingerprint density at radius 1 is 1.46 bits per heavy atom. The smallest absolute Gasteiger partial charge is 0.246 e. The van der Waals surface area contributed by atoms with Crippen LogP contribution < -0.4 is 5.48 Å². The van der Waals surface area contributed by atoms with Gasteiger partial charge in [-0.1, -0.05) is 6.08 Å².